The van der Waals surface area contributed by atoms with Gasteiger partial charge in [-0.2, -0.15) is 0 Å². The normalized spacial score (nSPS) is 12.5. The van der Waals surface area contributed by atoms with Crippen molar-refractivity contribution in [3.8, 4) is 0 Å². The average molecular weight is 231 g/mol. The van der Waals surface area contributed by atoms with E-state index in [1.807, 2.05) is 0 Å². The Morgan fingerprint density at radius 3 is 2.25 bits per heavy atom. The molecular weight excluding hydrogens is 220 g/mol. The summed E-state index contributed by atoms with van der Waals surface area (Å²) in [5.41, 5.74) is 5.59. The molecule has 0 bridgehead atoms. The second-order valence-electron chi connectivity index (χ2n) is 3.34. The van der Waals surface area contributed by atoms with Gasteiger partial charge >= 0.3 is 5.97 Å². The molecule has 6 heteroatoms. The lowest BCUT2D eigenvalue weighted by Crippen LogP contribution is -2.32. The molecule has 0 aliphatic rings. The van der Waals surface area contributed by atoms with Gasteiger partial charge in [0.05, 0.1) is 6.61 Å². The number of aliphatic hydroxyl groups is 1. The van der Waals surface area contributed by atoms with Gasteiger partial charge in [0.1, 0.15) is 6.04 Å². The van der Waals surface area contributed by atoms with E-state index in [2.05, 4.69) is 0 Å². The lowest BCUT2D eigenvalue weighted by Gasteiger charge is -2.11. The first-order chi connectivity index (χ1) is 7.45. The Kier molecular flexibility index (Phi) is 3.92. The molecule has 0 aromatic heterocycles. The van der Waals surface area contributed by atoms with Crippen LogP contribution in [0, 0.1) is 11.6 Å². The molecule has 1 aromatic rings. The van der Waals surface area contributed by atoms with Crippen LogP contribution in [0.3, 0.4) is 0 Å². The zero-order valence-corrected chi connectivity index (χ0v) is 8.28. The molecule has 1 rings (SSSR count). The van der Waals surface area contributed by atoms with Crippen molar-refractivity contribution in [2.24, 2.45) is 5.73 Å². The van der Waals surface area contributed by atoms with Crippen molar-refractivity contribution in [2.75, 3.05) is 0 Å². The highest BCUT2D eigenvalue weighted by molar-refractivity contribution is 5.73. The second kappa shape index (κ2) is 5.00. The van der Waals surface area contributed by atoms with E-state index in [4.69, 9.17) is 15.9 Å². The minimum atomic E-state index is -1.24. The summed E-state index contributed by atoms with van der Waals surface area (Å²) in [5.74, 6) is -3.42. The van der Waals surface area contributed by atoms with Crippen molar-refractivity contribution in [2.45, 2.75) is 19.1 Å². The number of carboxylic acid groups (broad SMARTS) is 1. The van der Waals surface area contributed by atoms with E-state index in [0.29, 0.717) is 0 Å². The van der Waals surface area contributed by atoms with Crippen LogP contribution in [0.4, 0.5) is 8.78 Å². The first kappa shape index (κ1) is 12.5. The van der Waals surface area contributed by atoms with Crippen LogP contribution in [0.15, 0.2) is 12.1 Å². The van der Waals surface area contributed by atoms with Crippen molar-refractivity contribution in [1.29, 1.82) is 0 Å². The topological polar surface area (TPSA) is 83.5 Å². The van der Waals surface area contributed by atoms with Gasteiger partial charge in [0.2, 0.25) is 0 Å². The first-order valence-electron chi connectivity index (χ1n) is 4.51. The zero-order chi connectivity index (χ0) is 12.3. The molecule has 88 valence electrons. The maximum atomic E-state index is 12.9. The quantitative estimate of drug-likeness (QED) is 0.700. The van der Waals surface area contributed by atoms with Gasteiger partial charge in [-0.05, 0) is 29.7 Å². The number of aliphatic hydroxyl groups excluding tert-OH is 1. The van der Waals surface area contributed by atoms with Gasteiger partial charge in [-0.25, -0.2) is 8.78 Å². The molecule has 0 aliphatic carbocycles. The molecule has 4 nitrogen and oxygen atoms in total. The smallest absolute Gasteiger partial charge is 0.320 e. The highest BCUT2D eigenvalue weighted by Gasteiger charge is 2.16. The third-order valence-electron chi connectivity index (χ3n) is 2.17. The number of carboxylic acids is 1. The third kappa shape index (κ3) is 2.74. The number of rotatable bonds is 4. The van der Waals surface area contributed by atoms with Crippen LogP contribution in [0.1, 0.15) is 11.1 Å². The average Bonchev–Trinajstić information content (AvgIpc) is 2.22. The molecule has 0 radical (unpaired) electrons. The van der Waals surface area contributed by atoms with Crippen molar-refractivity contribution >= 4 is 5.97 Å². The summed E-state index contributed by atoms with van der Waals surface area (Å²) < 4.78 is 25.7. The molecule has 0 fully saturated rings. The van der Waals surface area contributed by atoms with Crippen LogP contribution in [0.5, 0.6) is 0 Å². The summed E-state index contributed by atoms with van der Waals surface area (Å²) >= 11 is 0. The Bertz CT molecular complexity index is 409. The highest BCUT2D eigenvalue weighted by Crippen LogP contribution is 2.16. The predicted molar refractivity (Wildman–Crippen MR) is 51.6 cm³/mol. The van der Waals surface area contributed by atoms with Gasteiger partial charge in [-0.15, -0.1) is 0 Å². The van der Waals surface area contributed by atoms with E-state index in [9.17, 15) is 13.6 Å². The molecule has 4 N–H and O–H groups in total. The fraction of sp³-hybridized carbons (Fsp3) is 0.300. The minimum Gasteiger partial charge on any atom is -0.480 e. The monoisotopic (exact) mass is 231 g/mol. The molecule has 0 amide bonds. The Labute approximate surface area is 90.3 Å². The Balaban J connectivity index is 3.03. The van der Waals surface area contributed by atoms with E-state index in [0.717, 1.165) is 12.1 Å². The van der Waals surface area contributed by atoms with E-state index in [1.165, 1.54) is 0 Å². The van der Waals surface area contributed by atoms with Crippen molar-refractivity contribution in [1.82, 2.24) is 0 Å². The number of aliphatic carboxylic acids is 1. The van der Waals surface area contributed by atoms with Gasteiger partial charge < -0.3 is 15.9 Å². The van der Waals surface area contributed by atoms with Crippen LogP contribution >= 0.6 is 0 Å². The van der Waals surface area contributed by atoms with E-state index in [1.54, 1.807) is 0 Å². The summed E-state index contributed by atoms with van der Waals surface area (Å²) in [4.78, 5) is 10.5. The highest BCUT2D eigenvalue weighted by atomic mass is 19.2. The fourth-order valence-corrected chi connectivity index (χ4v) is 1.29. The fourth-order valence-electron chi connectivity index (χ4n) is 1.29. The Morgan fingerprint density at radius 2 is 1.81 bits per heavy atom. The molecule has 0 saturated carbocycles. The molecular formula is C10H11F2NO3. The molecule has 1 aromatic carbocycles. The third-order valence-corrected chi connectivity index (χ3v) is 2.17. The lowest BCUT2D eigenvalue weighted by molar-refractivity contribution is -0.138. The molecule has 0 heterocycles. The van der Waals surface area contributed by atoms with Crippen LogP contribution in [0.2, 0.25) is 0 Å². The summed E-state index contributed by atoms with van der Waals surface area (Å²) in [7, 11) is 0. The standard InChI is InChI=1S/C10H11F2NO3/c11-7-1-5(3-9(13)10(15)16)6(4-14)2-8(7)12/h1-2,9,14H,3-4,13H2,(H,15,16). The van der Waals surface area contributed by atoms with E-state index < -0.39 is 30.3 Å². The molecule has 0 saturated heterocycles. The van der Waals surface area contributed by atoms with E-state index in [-0.39, 0.29) is 17.5 Å². The molecule has 1 atom stereocenters. The van der Waals surface area contributed by atoms with Gasteiger partial charge in [0.25, 0.3) is 0 Å². The number of hydrogen-bond acceptors (Lipinski definition) is 3. The van der Waals surface area contributed by atoms with Gasteiger partial charge in [0, 0.05) is 0 Å². The molecule has 1 unspecified atom stereocenters. The largest absolute Gasteiger partial charge is 0.480 e. The summed E-state index contributed by atoms with van der Waals surface area (Å²) in [6.45, 7) is -0.501. The van der Waals surface area contributed by atoms with Crippen LogP contribution in [-0.4, -0.2) is 22.2 Å². The van der Waals surface area contributed by atoms with Gasteiger partial charge in [0.15, 0.2) is 11.6 Å². The number of carbonyl (C=O) groups is 1. The number of halogens is 2. The predicted octanol–water partition coefficient (Wildman–Crippen LogP) is 0.412. The summed E-state index contributed by atoms with van der Waals surface area (Å²) in [6.07, 6.45) is -0.164. The Hall–Kier alpha value is -1.53. The maximum Gasteiger partial charge on any atom is 0.320 e. The van der Waals surface area contributed by atoms with Crippen molar-refractivity contribution in [3.63, 3.8) is 0 Å². The first-order valence-corrected chi connectivity index (χ1v) is 4.51. The minimum absolute atomic E-state index is 0.135. The number of nitrogens with two attached hydrogens (primary N) is 1. The SMILES string of the molecule is NC(Cc1cc(F)c(F)cc1CO)C(=O)O. The van der Waals surface area contributed by atoms with Crippen molar-refractivity contribution < 1.29 is 23.8 Å². The van der Waals surface area contributed by atoms with Gasteiger partial charge in [-0.1, -0.05) is 0 Å². The summed E-state index contributed by atoms with van der Waals surface area (Å²) in [5, 5.41) is 17.5. The zero-order valence-electron chi connectivity index (χ0n) is 8.28. The molecule has 16 heavy (non-hydrogen) atoms. The van der Waals surface area contributed by atoms with Crippen LogP contribution in [0.25, 0.3) is 0 Å². The molecule has 0 spiro atoms. The Morgan fingerprint density at radius 1 is 1.31 bits per heavy atom. The second-order valence-corrected chi connectivity index (χ2v) is 3.34. The number of benzene rings is 1. The number of hydrogen-bond donors (Lipinski definition) is 3. The summed E-state index contributed by atoms with van der Waals surface area (Å²) in [6, 6.07) is 0.471. The van der Waals surface area contributed by atoms with Crippen LogP contribution < -0.4 is 5.73 Å². The lowest BCUT2D eigenvalue weighted by atomic mass is 10.0. The molecule has 0 aliphatic heterocycles. The van der Waals surface area contributed by atoms with Crippen molar-refractivity contribution in [3.05, 3.63) is 34.9 Å². The maximum absolute atomic E-state index is 12.9. The van der Waals surface area contributed by atoms with Gasteiger partial charge in [-0.3, -0.25) is 4.79 Å². The van der Waals surface area contributed by atoms with Crippen LogP contribution in [-0.2, 0) is 17.8 Å². The van der Waals surface area contributed by atoms with E-state index >= 15 is 0 Å².